The average molecular weight is 279 g/mol. The number of Topliss-reactive ketones (excluding diaryl/α,β-unsaturated/α-hetero) is 1. The van der Waals surface area contributed by atoms with Crippen LogP contribution in [0.4, 0.5) is 0 Å². The number of aromatic nitrogens is 1. The molecular formula is C19H21NO. The quantitative estimate of drug-likeness (QED) is 0.804. The Balaban J connectivity index is 2.10. The van der Waals surface area contributed by atoms with E-state index >= 15 is 0 Å². The first-order valence-electron chi connectivity index (χ1n) is 7.73. The van der Waals surface area contributed by atoms with Gasteiger partial charge < -0.3 is 0 Å². The molecule has 1 atom stereocenters. The molecule has 21 heavy (non-hydrogen) atoms. The smallest absolute Gasteiger partial charge is 0.141 e. The van der Waals surface area contributed by atoms with Gasteiger partial charge in [-0.25, -0.2) is 0 Å². The number of rotatable bonds is 2. The minimum Gasteiger partial charge on any atom is -0.299 e. The number of benzene rings is 1. The van der Waals surface area contributed by atoms with Gasteiger partial charge in [-0.3, -0.25) is 9.78 Å². The Morgan fingerprint density at radius 1 is 1.10 bits per heavy atom. The zero-order valence-corrected chi connectivity index (χ0v) is 12.7. The van der Waals surface area contributed by atoms with Crippen LogP contribution in [-0.4, -0.2) is 10.8 Å². The second kappa shape index (κ2) is 5.80. The molecule has 3 rings (SSSR count). The maximum absolute atomic E-state index is 12.3. The summed E-state index contributed by atoms with van der Waals surface area (Å²) < 4.78 is 0. The fourth-order valence-electron chi connectivity index (χ4n) is 3.29. The molecule has 0 spiro atoms. The molecule has 1 aliphatic carbocycles. The third kappa shape index (κ3) is 2.76. The third-order valence-electron chi connectivity index (χ3n) is 4.41. The third-order valence-corrected chi connectivity index (χ3v) is 4.41. The normalized spacial score (nSPS) is 18.8. The van der Waals surface area contributed by atoms with Crippen molar-refractivity contribution in [3.63, 3.8) is 0 Å². The largest absolute Gasteiger partial charge is 0.299 e. The monoisotopic (exact) mass is 279 g/mol. The molecule has 1 unspecified atom stereocenters. The molecule has 1 aliphatic rings. The van der Waals surface area contributed by atoms with E-state index < -0.39 is 0 Å². The van der Waals surface area contributed by atoms with Crippen LogP contribution in [0, 0.1) is 13.8 Å². The van der Waals surface area contributed by atoms with Gasteiger partial charge in [0.15, 0.2) is 0 Å². The SMILES string of the molecule is Cc1cc(-c2ccccc2)c(C)c(C2CCCCC2=O)n1. The lowest BCUT2D eigenvalue weighted by atomic mass is 9.82. The van der Waals surface area contributed by atoms with Gasteiger partial charge in [-0.1, -0.05) is 36.8 Å². The van der Waals surface area contributed by atoms with E-state index in [1.165, 1.54) is 11.1 Å². The second-order valence-electron chi connectivity index (χ2n) is 5.95. The van der Waals surface area contributed by atoms with Crippen LogP contribution in [0.1, 0.15) is 48.6 Å². The fourth-order valence-corrected chi connectivity index (χ4v) is 3.29. The van der Waals surface area contributed by atoms with E-state index in [2.05, 4.69) is 37.3 Å². The van der Waals surface area contributed by atoms with Crippen molar-refractivity contribution in [3.8, 4) is 11.1 Å². The van der Waals surface area contributed by atoms with Gasteiger partial charge in [0.1, 0.15) is 5.78 Å². The number of nitrogens with zero attached hydrogens (tertiary/aromatic N) is 1. The van der Waals surface area contributed by atoms with E-state index in [4.69, 9.17) is 4.98 Å². The van der Waals surface area contributed by atoms with Crippen LogP contribution in [0.3, 0.4) is 0 Å². The summed E-state index contributed by atoms with van der Waals surface area (Å²) in [6, 6.07) is 12.5. The van der Waals surface area contributed by atoms with Crippen LogP contribution < -0.4 is 0 Å². The molecule has 1 heterocycles. The molecule has 2 heteroatoms. The fraction of sp³-hybridized carbons (Fsp3) is 0.368. The summed E-state index contributed by atoms with van der Waals surface area (Å²) in [5.41, 5.74) is 5.56. The first-order chi connectivity index (χ1) is 10.2. The van der Waals surface area contributed by atoms with Crippen LogP contribution >= 0.6 is 0 Å². The average Bonchev–Trinajstić information content (AvgIpc) is 2.51. The number of carbonyl (C=O) groups excluding carboxylic acids is 1. The van der Waals surface area contributed by atoms with Crippen LogP contribution in [-0.2, 0) is 4.79 Å². The maximum Gasteiger partial charge on any atom is 0.141 e. The molecule has 0 amide bonds. The van der Waals surface area contributed by atoms with E-state index in [1.807, 2.05) is 13.0 Å². The zero-order chi connectivity index (χ0) is 14.8. The Bertz CT molecular complexity index is 661. The molecule has 0 radical (unpaired) electrons. The molecule has 1 aromatic carbocycles. The minimum absolute atomic E-state index is 0.00103. The predicted octanol–water partition coefficient (Wildman–Crippen LogP) is 4.59. The van der Waals surface area contributed by atoms with Crippen molar-refractivity contribution >= 4 is 5.78 Å². The minimum atomic E-state index is 0.00103. The molecule has 2 aromatic rings. The molecule has 0 N–H and O–H groups in total. The highest BCUT2D eigenvalue weighted by Gasteiger charge is 2.27. The molecule has 0 aliphatic heterocycles. The summed E-state index contributed by atoms with van der Waals surface area (Å²) in [7, 11) is 0. The molecule has 2 nitrogen and oxygen atoms in total. The second-order valence-corrected chi connectivity index (χ2v) is 5.95. The highest BCUT2D eigenvalue weighted by molar-refractivity contribution is 5.87. The summed E-state index contributed by atoms with van der Waals surface area (Å²) in [5.74, 6) is 0.363. The van der Waals surface area contributed by atoms with Gasteiger partial charge in [-0.2, -0.15) is 0 Å². The standard InChI is InChI=1S/C19H21NO/c1-13-12-17(15-8-4-3-5-9-15)14(2)19(20-13)16-10-6-7-11-18(16)21/h3-5,8-9,12,16H,6-7,10-11H2,1-2H3. The van der Waals surface area contributed by atoms with Crippen molar-refractivity contribution in [2.24, 2.45) is 0 Å². The molecule has 108 valence electrons. The van der Waals surface area contributed by atoms with E-state index in [9.17, 15) is 4.79 Å². The molecule has 0 saturated heterocycles. The number of aryl methyl sites for hydroxylation is 1. The Morgan fingerprint density at radius 3 is 2.57 bits per heavy atom. The molecule has 1 fully saturated rings. The van der Waals surface area contributed by atoms with Crippen molar-refractivity contribution in [2.75, 3.05) is 0 Å². The van der Waals surface area contributed by atoms with Crippen molar-refractivity contribution in [2.45, 2.75) is 45.4 Å². The predicted molar refractivity (Wildman–Crippen MR) is 85.4 cm³/mol. The Labute approximate surface area is 126 Å². The summed E-state index contributed by atoms with van der Waals surface area (Å²) in [6.45, 7) is 4.12. The van der Waals surface area contributed by atoms with Crippen LogP contribution in [0.15, 0.2) is 36.4 Å². The highest BCUT2D eigenvalue weighted by Crippen LogP contribution is 2.34. The summed E-state index contributed by atoms with van der Waals surface area (Å²) in [6.07, 6.45) is 3.82. The lowest BCUT2D eigenvalue weighted by molar-refractivity contribution is -0.121. The number of carbonyl (C=O) groups is 1. The summed E-state index contributed by atoms with van der Waals surface area (Å²) in [4.78, 5) is 17.0. The Kier molecular flexibility index (Phi) is 3.87. The molecular weight excluding hydrogens is 258 g/mol. The molecule has 1 aromatic heterocycles. The van der Waals surface area contributed by atoms with Crippen LogP contribution in [0.25, 0.3) is 11.1 Å². The van der Waals surface area contributed by atoms with Gasteiger partial charge in [-0.05, 0) is 49.4 Å². The van der Waals surface area contributed by atoms with Gasteiger partial charge in [-0.15, -0.1) is 0 Å². The first kappa shape index (κ1) is 14.0. The maximum atomic E-state index is 12.3. The van der Waals surface area contributed by atoms with Gasteiger partial charge in [0.05, 0.1) is 11.6 Å². The van der Waals surface area contributed by atoms with E-state index in [-0.39, 0.29) is 5.92 Å². The molecule has 1 saturated carbocycles. The Morgan fingerprint density at radius 2 is 1.86 bits per heavy atom. The van der Waals surface area contributed by atoms with Crippen LogP contribution in [0.2, 0.25) is 0 Å². The van der Waals surface area contributed by atoms with Gasteiger partial charge in [0, 0.05) is 12.1 Å². The van der Waals surface area contributed by atoms with Gasteiger partial charge >= 0.3 is 0 Å². The number of ketones is 1. The van der Waals surface area contributed by atoms with Crippen molar-refractivity contribution in [1.29, 1.82) is 0 Å². The Hall–Kier alpha value is -1.96. The number of hydrogen-bond acceptors (Lipinski definition) is 2. The van der Waals surface area contributed by atoms with Crippen molar-refractivity contribution < 1.29 is 4.79 Å². The highest BCUT2D eigenvalue weighted by atomic mass is 16.1. The number of hydrogen-bond donors (Lipinski definition) is 0. The lowest BCUT2D eigenvalue weighted by Gasteiger charge is -2.23. The lowest BCUT2D eigenvalue weighted by Crippen LogP contribution is -2.19. The topological polar surface area (TPSA) is 30.0 Å². The van der Waals surface area contributed by atoms with E-state index in [0.29, 0.717) is 12.2 Å². The van der Waals surface area contributed by atoms with Gasteiger partial charge in [0.2, 0.25) is 0 Å². The van der Waals surface area contributed by atoms with E-state index in [0.717, 1.165) is 36.2 Å². The van der Waals surface area contributed by atoms with Gasteiger partial charge in [0.25, 0.3) is 0 Å². The zero-order valence-electron chi connectivity index (χ0n) is 12.7. The summed E-state index contributed by atoms with van der Waals surface area (Å²) in [5, 5.41) is 0. The van der Waals surface area contributed by atoms with E-state index in [1.54, 1.807) is 0 Å². The first-order valence-corrected chi connectivity index (χ1v) is 7.73. The molecule has 0 bridgehead atoms. The number of pyridine rings is 1. The van der Waals surface area contributed by atoms with Crippen molar-refractivity contribution in [3.05, 3.63) is 53.3 Å². The van der Waals surface area contributed by atoms with Crippen LogP contribution in [0.5, 0.6) is 0 Å². The van der Waals surface area contributed by atoms with Crippen molar-refractivity contribution in [1.82, 2.24) is 4.98 Å². The summed E-state index contributed by atoms with van der Waals surface area (Å²) >= 11 is 0.